The zero-order valence-electron chi connectivity index (χ0n) is 19.5. The van der Waals surface area contributed by atoms with Gasteiger partial charge in [-0.2, -0.15) is 0 Å². The Morgan fingerprint density at radius 1 is 1.03 bits per heavy atom. The third kappa shape index (κ3) is 3.06. The van der Waals surface area contributed by atoms with E-state index in [0.717, 1.165) is 45.2 Å². The summed E-state index contributed by atoms with van der Waals surface area (Å²) in [4.78, 5) is 40.5. The predicted octanol–water partition coefficient (Wildman–Crippen LogP) is 3.81. The molecule has 0 saturated carbocycles. The Labute approximate surface area is 195 Å². The molecule has 7 heteroatoms. The Kier molecular flexibility index (Phi) is 4.59. The zero-order chi connectivity index (χ0) is 23.7. The fourth-order valence-electron chi connectivity index (χ4n) is 5.89. The van der Waals surface area contributed by atoms with E-state index >= 15 is 0 Å². The molecular formula is C27H26N2O5. The Bertz CT molecular complexity index is 1610. The van der Waals surface area contributed by atoms with Gasteiger partial charge in [0, 0.05) is 53.6 Å². The van der Waals surface area contributed by atoms with Gasteiger partial charge >= 0.3 is 5.63 Å². The molecule has 0 unspecified atom stereocenters. The molecule has 0 radical (unpaired) electrons. The number of aryl methyl sites for hydroxylation is 3. The number of carbonyl (C=O) groups is 1. The molecule has 3 aromatic heterocycles. The van der Waals surface area contributed by atoms with Gasteiger partial charge in [0.15, 0.2) is 0 Å². The molecule has 0 N–H and O–H groups in total. The predicted molar refractivity (Wildman–Crippen MR) is 128 cm³/mol. The highest BCUT2D eigenvalue weighted by atomic mass is 16.4. The minimum Gasteiger partial charge on any atom is -0.464 e. The van der Waals surface area contributed by atoms with E-state index in [-0.39, 0.29) is 29.7 Å². The van der Waals surface area contributed by atoms with E-state index in [1.165, 1.54) is 0 Å². The van der Waals surface area contributed by atoms with Crippen molar-refractivity contribution in [2.45, 2.75) is 46.1 Å². The number of piperidine rings is 1. The molecule has 34 heavy (non-hydrogen) atoms. The van der Waals surface area contributed by atoms with Crippen LogP contribution in [-0.4, -0.2) is 28.5 Å². The van der Waals surface area contributed by atoms with Crippen molar-refractivity contribution in [2.75, 3.05) is 13.1 Å². The lowest BCUT2D eigenvalue weighted by Gasteiger charge is -2.42. The van der Waals surface area contributed by atoms with Crippen molar-refractivity contribution in [1.82, 2.24) is 9.47 Å². The van der Waals surface area contributed by atoms with E-state index in [1.807, 2.05) is 42.4 Å². The molecule has 5 heterocycles. The highest BCUT2D eigenvalue weighted by molar-refractivity contribution is 6.00. The summed E-state index contributed by atoms with van der Waals surface area (Å²) in [6.07, 6.45) is 2.68. The first kappa shape index (κ1) is 21.0. The molecular weight excluding hydrogens is 432 g/mol. The molecule has 0 spiro atoms. The molecule has 2 aliphatic rings. The molecule has 1 amide bonds. The SMILES string of the molecule is Cc1coc2c(C)c3oc(=O)c(CC(=O)N4C[C@H]5C[C@@H](C4)c4cccc(=O)n4C5)c(C)c3cc12. The van der Waals surface area contributed by atoms with Crippen molar-refractivity contribution >= 4 is 27.8 Å². The minimum absolute atomic E-state index is 0.00654. The molecule has 1 fully saturated rings. The topological polar surface area (TPSA) is 85.7 Å². The van der Waals surface area contributed by atoms with Gasteiger partial charge in [-0.3, -0.25) is 9.59 Å². The van der Waals surface area contributed by atoms with Crippen LogP contribution in [0.5, 0.6) is 0 Å². The van der Waals surface area contributed by atoms with Gasteiger partial charge in [0.2, 0.25) is 5.91 Å². The zero-order valence-corrected chi connectivity index (χ0v) is 19.5. The number of amides is 1. The van der Waals surface area contributed by atoms with Crippen LogP contribution in [0.15, 0.2) is 49.0 Å². The Morgan fingerprint density at radius 3 is 2.68 bits per heavy atom. The third-order valence-corrected chi connectivity index (χ3v) is 7.70. The summed E-state index contributed by atoms with van der Waals surface area (Å²) in [5, 5.41) is 1.82. The van der Waals surface area contributed by atoms with E-state index < -0.39 is 5.63 Å². The van der Waals surface area contributed by atoms with Crippen LogP contribution < -0.4 is 11.2 Å². The monoisotopic (exact) mass is 458 g/mol. The van der Waals surface area contributed by atoms with Crippen molar-refractivity contribution in [3.05, 3.63) is 79.3 Å². The van der Waals surface area contributed by atoms with Crippen LogP contribution in [0.2, 0.25) is 0 Å². The van der Waals surface area contributed by atoms with Crippen molar-refractivity contribution in [1.29, 1.82) is 0 Å². The average Bonchev–Trinajstić information content (AvgIpc) is 3.19. The molecule has 1 saturated heterocycles. The lowest BCUT2D eigenvalue weighted by molar-refractivity contribution is -0.133. The maximum absolute atomic E-state index is 13.4. The Hall–Kier alpha value is -3.61. The van der Waals surface area contributed by atoms with Crippen molar-refractivity contribution in [3.63, 3.8) is 0 Å². The van der Waals surface area contributed by atoms with Crippen molar-refractivity contribution in [2.24, 2.45) is 5.92 Å². The lowest BCUT2D eigenvalue weighted by Crippen LogP contribution is -2.49. The van der Waals surface area contributed by atoms with E-state index in [2.05, 4.69) is 0 Å². The maximum Gasteiger partial charge on any atom is 0.340 e. The fourth-order valence-corrected chi connectivity index (χ4v) is 5.89. The van der Waals surface area contributed by atoms with Crippen LogP contribution in [0.3, 0.4) is 0 Å². The van der Waals surface area contributed by atoms with Crippen LogP contribution in [0, 0.1) is 26.7 Å². The smallest absolute Gasteiger partial charge is 0.340 e. The summed E-state index contributed by atoms with van der Waals surface area (Å²) < 4.78 is 13.2. The molecule has 7 nitrogen and oxygen atoms in total. The Balaban J connectivity index is 1.34. The molecule has 2 bridgehead atoms. The number of likely N-dealkylation sites (tertiary alicyclic amines) is 1. The number of aromatic nitrogens is 1. The molecule has 4 aromatic rings. The number of pyridine rings is 1. The average molecular weight is 459 g/mol. The number of rotatable bonds is 2. The number of nitrogens with zero attached hydrogens (tertiary/aromatic N) is 2. The van der Waals surface area contributed by atoms with Gasteiger partial charge in [-0.05, 0) is 56.4 Å². The van der Waals surface area contributed by atoms with Crippen LogP contribution in [0.4, 0.5) is 0 Å². The lowest BCUT2D eigenvalue weighted by atomic mass is 9.83. The molecule has 6 rings (SSSR count). The van der Waals surface area contributed by atoms with Gasteiger partial charge in [0.05, 0.1) is 18.2 Å². The summed E-state index contributed by atoms with van der Waals surface area (Å²) in [5.74, 6) is 0.303. The van der Waals surface area contributed by atoms with Crippen LogP contribution in [0.1, 0.15) is 40.3 Å². The summed E-state index contributed by atoms with van der Waals surface area (Å²) in [6.45, 7) is 7.54. The highest BCUT2D eigenvalue weighted by Gasteiger charge is 2.36. The minimum atomic E-state index is -0.474. The van der Waals surface area contributed by atoms with Gasteiger partial charge in [-0.15, -0.1) is 0 Å². The van der Waals surface area contributed by atoms with Crippen molar-refractivity contribution < 1.29 is 13.6 Å². The maximum atomic E-state index is 13.4. The standard InChI is InChI=1S/C27H26N2O5/c1-14-13-33-25-16(3)26-20(8-19(14)25)15(2)21(27(32)34-26)9-24(31)28-10-17-7-18(12-28)22-5-4-6-23(30)29(22)11-17/h4-6,8,13,17-18H,7,9-12H2,1-3H3/t17-,18+/m1/s1. The second kappa shape index (κ2) is 7.45. The normalized spacial score (nSPS) is 19.6. The molecule has 0 aliphatic carbocycles. The second-order valence-corrected chi connectivity index (χ2v) is 9.84. The second-order valence-electron chi connectivity index (χ2n) is 9.84. The summed E-state index contributed by atoms with van der Waals surface area (Å²) >= 11 is 0. The first-order valence-corrected chi connectivity index (χ1v) is 11.7. The van der Waals surface area contributed by atoms with E-state index in [0.29, 0.717) is 30.8 Å². The highest BCUT2D eigenvalue weighted by Crippen LogP contribution is 2.36. The summed E-state index contributed by atoms with van der Waals surface area (Å²) in [7, 11) is 0. The first-order valence-electron chi connectivity index (χ1n) is 11.7. The number of hydrogen-bond donors (Lipinski definition) is 0. The number of furan rings is 1. The van der Waals surface area contributed by atoms with E-state index in [9.17, 15) is 14.4 Å². The van der Waals surface area contributed by atoms with Gasteiger partial charge in [0.25, 0.3) is 5.56 Å². The van der Waals surface area contributed by atoms with Gasteiger partial charge < -0.3 is 18.3 Å². The van der Waals surface area contributed by atoms with Crippen LogP contribution >= 0.6 is 0 Å². The number of fused-ring (bicyclic) bond motifs is 6. The Morgan fingerprint density at radius 2 is 1.85 bits per heavy atom. The van der Waals surface area contributed by atoms with Crippen LogP contribution in [0.25, 0.3) is 21.9 Å². The number of carbonyl (C=O) groups excluding carboxylic acids is 1. The summed E-state index contributed by atoms with van der Waals surface area (Å²) in [6, 6.07) is 7.36. The molecule has 2 atom stereocenters. The molecule has 1 aromatic carbocycles. The molecule has 2 aliphatic heterocycles. The van der Waals surface area contributed by atoms with Crippen molar-refractivity contribution in [3.8, 4) is 0 Å². The van der Waals surface area contributed by atoms with Gasteiger partial charge in [-0.1, -0.05) is 6.07 Å². The number of hydrogen-bond acceptors (Lipinski definition) is 5. The van der Waals surface area contributed by atoms with E-state index in [4.69, 9.17) is 8.83 Å². The summed E-state index contributed by atoms with van der Waals surface area (Å²) in [5.41, 5.74) is 4.76. The quantitative estimate of drug-likeness (QED) is 0.427. The van der Waals surface area contributed by atoms with E-state index in [1.54, 1.807) is 18.4 Å². The fraction of sp³-hybridized carbons (Fsp3) is 0.370. The largest absolute Gasteiger partial charge is 0.464 e. The molecule has 174 valence electrons. The van der Waals surface area contributed by atoms with Gasteiger partial charge in [0.1, 0.15) is 11.2 Å². The number of benzene rings is 1. The van der Waals surface area contributed by atoms with Gasteiger partial charge in [-0.25, -0.2) is 4.79 Å². The van der Waals surface area contributed by atoms with Crippen LogP contribution in [-0.2, 0) is 17.8 Å². The third-order valence-electron chi connectivity index (χ3n) is 7.70. The first-order chi connectivity index (χ1) is 16.3.